The van der Waals surface area contributed by atoms with E-state index >= 15 is 0 Å². The monoisotopic (exact) mass is 413 g/mol. The number of carbonyl (C=O) groups excluding carboxylic acids is 1. The molecule has 0 heterocycles. The molecule has 0 radical (unpaired) electrons. The molecule has 4 unspecified atom stereocenters. The van der Waals surface area contributed by atoms with E-state index in [0.717, 1.165) is 57.8 Å². The lowest BCUT2D eigenvalue weighted by Crippen LogP contribution is -2.47. The van der Waals surface area contributed by atoms with Crippen molar-refractivity contribution in [2.45, 2.75) is 107 Å². The van der Waals surface area contributed by atoms with E-state index < -0.39 is 15.3 Å². The second-order valence-corrected chi connectivity index (χ2v) is 11.2. The van der Waals surface area contributed by atoms with E-state index in [9.17, 15) is 18.1 Å². The molecule has 28 heavy (non-hydrogen) atoms. The summed E-state index contributed by atoms with van der Waals surface area (Å²) in [4.78, 5) is 23.5. The van der Waals surface area contributed by atoms with Crippen LogP contribution in [-0.2, 0) is 14.8 Å². The molecule has 0 aromatic carbocycles. The number of sulfonamides is 1. The summed E-state index contributed by atoms with van der Waals surface area (Å²) in [7, 11) is -3.40. The molecule has 3 aliphatic carbocycles. The highest BCUT2D eigenvalue weighted by molar-refractivity contribution is 7.90. The van der Waals surface area contributed by atoms with Crippen LogP contribution in [0.25, 0.3) is 0 Å². The first kappa shape index (κ1) is 21.7. The predicted molar refractivity (Wildman–Crippen MR) is 109 cm³/mol. The van der Waals surface area contributed by atoms with Crippen LogP contribution in [0.1, 0.15) is 84.0 Å². The number of hydrogen-bond acceptors (Lipinski definition) is 5. The molecule has 2 N–H and O–H groups in total. The molecule has 3 aliphatic rings. The Bertz CT molecular complexity index is 646. The fourth-order valence-corrected chi connectivity index (χ4v) is 6.94. The van der Waals surface area contributed by atoms with Crippen molar-refractivity contribution in [3.63, 3.8) is 0 Å². The van der Waals surface area contributed by atoms with E-state index in [0.29, 0.717) is 25.2 Å². The van der Waals surface area contributed by atoms with Gasteiger partial charge in [0.15, 0.2) is 0 Å². The second kappa shape index (κ2) is 9.65. The Hall–Kier alpha value is -1.02. The number of rotatable bonds is 6. The van der Waals surface area contributed by atoms with Gasteiger partial charge in [0.1, 0.15) is 0 Å². The van der Waals surface area contributed by atoms with Crippen LogP contribution in [0.5, 0.6) is 0 Å². The lowest BCUT2D eigenvalue weighted by Gasteiger charge is -2.33. The van der Waals surface area contributed by atoms with Crippen molar-refractivity contribution < 1.29 is 13.2 Å². The number of carbonyl (C=O) groups is 1. The summed E-state index contributed by atoms with van der Waals surface area (Å²) >= 11 is 0. The lowest BCUT2D eigenvalue weighted by atomic mass is 9.86. The van der Waals surface area contributed by atoms with Gasteiger partial charge >= 0.3 is 0 Å². The SMILES string of the molecule is CC1CCC(NS(=O)(=O)C2CCCC(C(=O)NC3CCCC(N=O)C3)C2)CC1. The third-order valence-corrected chi connectivity index (χ3v) is 8.89. The summed E-state index contributed by atoms with van der Waals surface area (Å²) in [6, 6.07) is -0.172. The molecule has 0 aliphatic heterocycles. The third kappa shape index (κ3) is 5.75. The molecular weight excluding hydrogens is 378 g/mol. The van der Waals surface area contributed by atoms with Crippen molar-refractivity contribution >= 4 is 15.9 Å². The smallest absolute Gasteiger partial charge is 0.223 e. The van der Waals surface area contributed by atoms with Crippen LogP contribution < -0.4 is 10.0 Å². The van der Waals surface area contributed by atoms with Gasteiger partial charge in [0.25, 0.3) is 0 Å². The van der Waals surface area contributed by atoms with Crippen LogP contribution in [0.3, 0.4) is 0 Å². The molecule has 0 bridgehead atoms. The van der Waals surface area contributed by atoms with E-state index in [1.165, 1.54) is 0 Å². The van der Waals surface area contributed by atoms with Crippen LogP contribution in [-0.4, -0.2) is 37.7 Å². The lowest BCUT2D eigenvalue weighted by molar-refractivity contribution is -0.126. The Morgan fingerprint density at radius 2 is 1.61 bits per heavy atom. The summed E-state index contributed by atoms with van der Waals surface area (Å²) in [5.74, 6) is 0.367. The minimum atomic E-state index is -3.40. The average Bonchev–Trinajstić information content (AvgIpc) is 2.70. The summed E-state index contributed by atoms with van der Waals surface area (Å²) in [5.41, 5.74) is 0. The molecule has 8 heteroatoms. The van der Waals surface area contributed by atoms with Gasteiger partial charge in [0.2, 0.25) is 15.9 Å². The minimum Gasteiger partial charge on any atom is -0.353 e. The van der Waals surface area contributed by atoms with Gasteiger partial charge in [-0.2, -0.15) is 4.91 Å². The largest absolute Gasteiger partial charge is 0.353 e. The molecule has 0 aromatic heterocycles. The average molecular weight is 414 g/mol. The molecular formula is C20H35N3O4S. The molecule has 7 nitrogen and oxygen atoms in total. The zero-order valence-corrected chi connectivity index (χ0v) is 17.8. The molecule has 1 amide bonds. The molecule has 3 fully saturated rings. The molecule has 160 valence electrons. The van der Waals surface area contributed by atoms with Crippen LogP contribution >= 0.6 is 0 Å². The van der Waals surface area contributed by atoms with Crippen LogP contribution in [0.2, 0.25) is 0 Å². The number of nitrogens with zero attached hydrogens (tertiary/aromatic N) is 1. The van der Waals surface area contributed by atoms with E-state index in [4.69, 9.17) is 0 Å². The van der Waals surface area contributed by atoms with Gasteiger partial charge in [0, 0.05) is 18.0 Å². The molecule has 4 atom stereocenters. The summed E-state index contributed by atoms with van der Waals surface area (Å²) in [6.45, 7) is 2.22. The summed E-state index contributed by atoms with van der Waals surface area (Å²) < 4.78 is 28.7. The van der Waals surface area contributed by atoms with Crippen molar-refractivity contribution in [1.29, 1.82) is 0 Å². The Balaban J connectivity index is 1.52. The summed E-state index contributed by atoms with van der Waals surface area (Å²) in [5, 5.41) is 5.71. The maximum Gasteiger partial charge on any atom is 0.223 e. The van der Waals surface area contributed by atoms with Crippen LogP contribution in [0.4, 0.5) is 0 Å². The quantitative estimate of drug-likeness (QED) is 0.652. The van der Waals surface area contributed by atoms with Crippen molar-refractivity contribution in [3.8, 4) is 0 Å². The van der Waals surface area contributed by atoms with Gasteiger partial charge in [-0.15, -0.1) is 0 Å². The first-order chi connectivity index (χ1) is 13.4. The fourth-order valence-electron chi connectivity index (χ4n) is 5.08. The molecule has 0 saturated heterocycles. The number of nitroso groups, excluding NO2 is 1. The van der Waals surface area contributed by atoms with Crippen LogP contribution in [0, 0.1) is 16.7 Å². The summed E-state index contributed by atoms with van der Waals surface area (Å²) in [6.07, 6.45) is 9.64. The van der Waals surface area contributed by atoms with Gasteiger partial charge in [-0.05, 0) is 76.5 Å². The van der Waals surface area contributed by atoms with Crippen LogP contribution in [0.15, 0.2) is 5.18 Å². The van der Waals surface area contributed by atoms with E-state index in [1.54, 1.807) is 0 Å². The third-order valence-electron chi connectivity index (χ3n) is 6.92. The first-order valence-corrected chi connectivity index (χ1v) is 12.6. The molecule has 0 spiro atoms. The Morgan fingerprint density at radius 1 is 0.893 bits per heavy atom. The normalized spacial score (nSPS) is 37.2. The van der Waals surface area contributed by atoms with Crippen molar-refractivity contribution in [2.24, 2.45) is 17.0 Å². The highest BCUT2D eigenvalue weighted by Gasteiger charge is 2.37. The van der Waals surface area contributed by atoms with Gasteiger partial charge < -0.3 is 5.32 Å². The van der Waals surface area contributed by atoms with Crippen molar-refractivity contribution in [1.82, 2.24) is 10.0 Å². The van der Waals surface area contributed by atoms with Gasteiger partial charge in [0.05, 0.1) is 11.3 Å². The minimum absolute atomic E-state index is 0.0108. The Labute approximate surface area is 168 Å². The maximum absolute atomic E-state index is 12.9. The number of nitrogens with one attached hydrogen (secondary N) is 2. The number of hydrogen-bond donors (Lipinski definition) is 2. The Kier molecular flexibility index (Phi) is 7.48. The fraction of sp³-hybridized carbons (Fsp3) is 0.950. The second-order valence-electron chi connectivity index (χ2n) is 9.24. The molecule has 0 aromatic rings. The maximum atomic E-state index is 12.9. The molecule has 3 rings (SSSR count). The van der Waals surface area contributed by atoms with E-state index in [2.05, 4.69) is 22.1 Å². The zero-order chi connectivity index (χ0) is 20.1. The van der Waals surface area contributed by atoms with Gasteiger partial charge in [-0.1, -0.05) is 18.5 Å². The topological polar surface area (TPSA) is 105 Å². The highest BCUT2D eigenvalue weighted by Crippen LogP contribution is 2.31. The van der Waals surface area contributed by atoms with Crippen molar-refractivity contribution in [3.05, 3.63) is 4.91 Å². The highest BCUT2D eigenvalue weighted by atomic mass is 32.2. The standard InChI is InChI=1S/C20H35N3O4S/c1-14-8-10-16(11-9-14)23-28(26,27)19-7-2-4-15(12-19)20(24)21-17-5-3-6-18(13-17)22-25/h14-19,23H,2-13H2,1H3,(H,21,24). The van der Waals surface area contributed by atoms with Gasteiger partial charge in [-0.3, -0.25) is 4.79 Å². The van der Waals surface area contributed by atoms with Gasteiger partial charge in [-0.25, -0.2) is 13.1 Å². The van der Waals surface area contributed by atoms with Crippen molar-refractivity contribution in [2.75, 3.05) is 0 Å². The van der Waals surface area contributed by atoms with E-state index in [1.807, 2.05) is 0 Å². The Morgan fingerprint density at radius 3 is 2.32 bits per heavy atom. The first-order valence-electron chi connectivity index (χ1n) is 11.0. The molecule has 3 saturated carbocycles. The number of amides is 1. The predicted octanol–water partition coefficient (Wildman–Crippen LogP) is 3.24. The van der Waals surface area contributed by atoms with E-state index in [-0.39, 0.29) is 30.0 Å². The zero-order valence-electron chi connectivity index (χ0n) is 16.9.